The summed E-state index contributed by atoms with van der Waals surface area (Å²) in [5, 5.41) is 2.87. The highest BCUT2D eigenvalue weighted by Gasteiger charge is 2.00. The van der Waals surface area contributed by atoms with Crippen molar-refractivity contribution in [3.8, 4) is 0 Å². The Labute approximate surface area is 70.4 Å². The Kier molecular flexibility index (Phi) is 2.82. The van der Waals surface area contributed by atoms with E-state index in [2.05, 4.69) is 15.3 Å². The molecule has 0 aliphatic rings. The number of nitrogens with zero attached hydrogens (tertiary/aromatic N) is 1. The molecule has 0 spiro atoms. The summed E-state index contributed by atoms with van der Waals surface area (Å²) in [6, 6.07) is 0. The molecule has 5 heteroatoms. The highest BCUT2D eigenvalue weighted by atomic mass is 16.1. The number of aryl methyl sites for hydroxylation is 1. The van der Waals surface area contributed by atoms with Crippen LogP contribution in [0.4, 0.5) is 0 Å². The van der Waals surface area contributed by atoms with Crippen molar-refractivity contribution in [2.24, 2.45) is 5.73 Å². The van der Waals surface area contributed by atoms with Crippen molar-refractivity contribution in [1.82, 2.24) is 15.3 Å². The average molecular weight is 168 g/mol. The fourth-order valence-electron chi connectivity index (χ4n) is 0.869. The van der Waals surface area contributed by atoms with E-state index >= 15 is 0 Å². The largest absolute Gasteiger partial charge is 0.369 e. The molecule has 0 aliphatic heterocycles. The lowest BCUT2D eigenvalue weighted by atomic mass is 10.3. The third-order valence-corrected chi connectivity index (χ3v) is 1.53. The van der Waals surface area contributed by atoms with Crippen LogP contribution < -0.4 is 11.1 Å². The first-order chi connectivity index (χ1) is 5.70. The monoisotopic (exact) mass is 168 g/mol. The molecular weight excluding hydrogens is 156 g/mol. The fraction of sp³-hybridized carbons (Fsp3) is 0.429. The minimum atomic E-state index is -0.358. The molecule has 0 saturated carbocycles. The van der Waals surface area contributed by atoms with E-state index in [-0.39, 0.29) is 12.5 Å². The lowest BCUT2D eigenvalue weighted by molar-refractivity contribution is -0.117. The average Bonchev–Trinajstić information content (AvgIpc) is 2.36. The third-order valence-electron chi connectivity index (χ3n) is 1.53. The second kappa shape index (κ2) is 3.87. The number of carbonyl (C=O) groups is 1. The van der Waals surface area contributed by atoms with Gasteiger partial charge in [0.25, 0.3) is 0 Å². The number of nitrogens with two attached hydrogens (primary N) is 1. The Morgan fingerprint density at radius 1 is 1.83 bits per heavy atom. The van der Waals surface area contributed by atoms with Crippen molar-refractivity contribution >= 4 is 5.91 Å². The highest BCUT2D eigenvalue weighted by molar-refractivity contribution is 5.75. The number of imidazole rings is 1. The summed E-state index contributed by atoms with van der Waals surface area (Å²) in [5.41, 5.74) is 6.86. The zero-order valence-electron chi connectivity index (χ0n) is 6.92. The van der Waals surface area contributed by atoms with E-state index in [9.17, 15) is 4.79 Å². The van der Waals surface area contributed by atoms with Gasteiger partial charge < -0.3 is 16.0 Å². The van der Waals surface area contributed by atoms with Gasteiger partial charge in [-0.25, -0.2) is 4.98 Å². The van der Waals surface area contributed by atoms with E-state index in [1.165, 1.54) is 0 Å². The first-order valence-corrected chi connectivity index (χ1v) is 3.68. The van der Waals surface area contributed by atoms with E-state index < -0.39 is 0 Å². The van der Waals surface area contributed by atoms with Gasteiger partial charge in [0.2, 0.25) is 5.91 Å². The Morgan fingerprint density at radius 2 is 2.58 bits per heavy atom. The van der Waals surface area contributed by atoms with Gasteiger partial charge in [0, 0.05) is 12.2 Å². The van der Waals surface area contributed by atoms with Crippen LogP contribution in [0.1, 0.15) is 11.4 Å². The maximum atomic E-state index is 10.3. The molecule has 12 heavy (non-hydrogen) atoms. The van der Waals surface area contributed by atoms with Gasteiger partial charge in [0.15, 0.2) is 0 Å². The molecule has 5 nitrogen and oxygen atoms in total. The van der Waals surface area contributed by atoms with Gasteiger partial charge in [0.05, 0.1) is 18.6 Å². The molecule has 0 unspecified atom stereocenters. The first-order valence-electron chi connectivity index (χ1n) is 3.68. The standard InChI is InChI=1S/C7H12N4O/c1-5-6(11-4-10-5)2-9-3-7(8)12/h4,9H,2-3H2,1H3,(H2,8,12)(H,10,11). The van der Waals surface area contributed by atoms with Gasteiger partial charge in [-0.2, -0.15) is 0 Å². The molecule has 0 bridgehead atoms. The summed E-state index contributed by atoms with van der Waals surface area (Å²) in [6.45, 7) is 2.68. The Morgan fingerprint density at radius 3 is 3.08 bits per heavy atom. The normalized spacial score (nSPS) is 10.1. The van der Waals surface area contributed by atoms with Crippen molar-refractivity contribution < 1.29 is 4.79 Å². The van der Waals surface area contributed by atoms with E-state index in [0.29, 0.717) is 6.54 Å². The second-order valence-electron chi connectivity index (χ2n) is 2.54. The summed E-state index contributed by atoms with van der Waals surface area (Å²) in [5.74, 6) is -0.358. The number of aromatic amines is 1. The quantitative estimate of drug-likeness (QED) is 0.555. The molecule has 4 N–H and O–H groups in total. The zero-order valence-corrected chi connectivity index (χ0v) is 6.92. The number of hydrogen-bond donors (Lipinski definition) is 3. The maximum Gasteiger partial charge on any atom is 0.231 e. The molecular formula is C7H12N4O. The lowest BCUT2D eigenvalue weighted by Gasteiger charge is -1.99. The Bertz CT molecular complexity index is 268. The summed E-state index contributed by atoms with van der Waals surface area (Å²) < 4.78 is 0. The SMILES string of the molecule is Cc1[nH]cnc1CNCC(N)=O. The van der Waals surface area contributed by atoms with E-state index in [0.717, 1.165) is 11.4 Å². The van der Waals surface area contributed by atoms with E-state index in [1.54, 1.807) is 6.33 Å². The predicted octanol–water partition coefficient (Wildman–Crippen LogP) is -0.707. The first kappa shape index (κ1) is 8.73. The minimum Gasteiger partial charge on any atom is -0.369 e. The van der Waals surface area contributed by atoms with Crippen LogP contribution in [0.3, 0.4) is 0 Å². The number of aromatic nitrogens is 2. The molecule has 0 fully saturated rings. The summed E-state index contributed by atoms with van der Waals surface area (Å²) in [4.78, 5) is 17.3. The smallest absolute Gasteiger partial charge is 0.231 e. The Balaban J connectivity index is 2.33. The number of carbonyl (C=O) groups excluding carboxylic acids is 1. The van der Waals surface area contributed by atoms with E-state index in [1.807, 2.05) is 6.92 Å². The van der Waals surface area contributed by atoms with Crippen molar-refractivity contribution in [3.63, 3.8) is 0 Å². The van der Waals surface area contributed by atoms with Crippen LogP contribution in [0, 0.1) is 6.92 Å². The molecule has 1 rings (SSSR count). The fourth-order valence-corrected chi connectivity index (χ4v) is 0.869. The number of H-pyrrole nitrogens is 1. The van der Waals surface area contributed by atoms with Gasteiger partial charge in [-0.15, -0.1) is 0 Å². The van der Waals surface area contributed by atoms with Gasteiger partial charge >= 0.3 is 0 Å². The van der Waals surface area contributed by atoms with Crippen LogP contribution in [0.25, 0.3) is 0 Å². The third kappa shape index (κ3) is 2.35. The molecule has 0 aromatic carbocycles. The maximum absolute atomic E-state index is 10.3. The molecule has 66 valence electrons. The summed E-state index contributed by atoms with van der Waals surface area (Å²) in [6.07, 6.45) is 1.62. The number of hydrogen-bond acceptors (Lipinski definition) is 3. The molecule has 1 aromatic heterocycles. The summed E-state index contributed by atoms with van der Waals surface area (Å²) in [7, 11) is 0. The van der Waals surface area contributed by atoms with Crippen molar-refractivity contribution in [2.45, 2.75) is 13.5 Å². The molecule has 0 atom stereocenters. The zero-order chi connectivity index (χ0) is 8.97. The molecule has 1 heterocycles. The van der Waals surface area contributed by atoms with Gasteiger partial charge in [-0.3, -0.25) is 4.79 Å². The molecule has 0 radical (unpaired) electrons. The van der Waals surface area contributed by atoms with Crippen LogP contribution in [-0.4, -0.2) is 22.4 Å². The van der Waals surface area contributed by atoms with Crippen molar-refractivity contribution in [1.29, 1.82) is 0 Å². The molecule has 0 aliphatic carbocycles. The number of rotatable bonds is 4. The van der Waals surface area contributed by atoms with Crippen molar-refractivity contribution in [2.75, 3.05) is 6.54 Å². The lowest BCUT2D eigenvalue weighted by Crippen LogP contribution is -2.28. The summed E-state index contributed by atoms with van der Waals surface area (Å²) >= 11 is 0. The van der Waals surface area contributed by atoms with Crippen LogP contribution in [0.5, 0.6) is 0 Å². The predicted molar refractivity (Wildman–Crippen MR) is 44.2 cm³/mol. The highest BCUT2D eigenvalue weighted by Crippen LogP contribution is 1.98. The van der Waals surface area contributed by atoms with Crippen molar-refractivity contribution in [3.05, 3.63) is 17.7 Å². The Hall–Kier alpha value is -1.36. The number of primary amides is 1. The van der Waals surface area contributed by atoms with E-state index in [4.69, 9.17) is 5.73 Å². The molecule has 1 aromatic rings. The topological polar surface area (TPSA) is 83.8 Å². The molecule has 1 amide bonds. The van der Waals surface area contributed by atoms with Gasteiger partial charge in [-0.05, 0) is 6.92 Å². The molecule has 0 saturated heterocycles. The second-order valence-corrected chi connectivity index (χ2v) is 2.54. The number of amides is 1. The van der Waals surface area contributed by atoms with Crippen LogP contribution in [0.2, 0.25) is 0 Å². The number of nitrogens with one attached hydrogen (secondary N) is 2. The van der Waals surface area contributed by atoms with Crippen LogP contribution in [-0.2, 0) is 11.3 Å². The van der Waals surface area contributed by atoms with Crippen LogP contribution >= 0.6 is 0 Å². The minimum absolute atomic E-state index is 0.187. The van der Waals surface area contributed by atoms with Gasteiger partial charge in [0.1, 0.15) is 0 Å². The van der Waals surface area contributed by atoms with Crippen LogP contribution in [0.15, 0.2) is 6.33 Å². The van der Waals surface area contributed by atoms with Gasteiger partial charge in [-0.1, -0.05) is 0 Å².